The van der Waals surface area contributed by atoms with Gasteiger partial charge < -0.3 is 14.0 Å². The quantitative estimate of drug-likeness (QED) is 0.698. The molecule has 1 aromatic carbocycles. The van der Waals surface area contributed by atoms with Crippen LogP contribution in [0.4, 0.5) is 0 Å². The molecule has 1 saturated carbocycles. The highest BCUT2D eigenvalue weighted by Crippen LogP contribution is 2.35. The number of benzene rings is 1. The minimum atomic E-state index is -0.277. The van der Waals surface area contributed by atoms with Crippen LogP contribution in [0.15, 0.2) is 42.9 Å². The number of imidazole rings is 1. The molecule has 0 radical (unpaired) electrons. The van der Waals surface area contributed by atoms with Crippen LogP contribution in [0.2, 0.25) is 0 Å². The zero-order valence-corrected chi connectivity index (χ0v) is 14.3. The molecule has 128 valence electrons. The number of hydrogen-bond donors (Lipinski definition) is 0. The van der Waals surface area contributed by atoms with Crippen LogP contribution < -0.4 is 0 Å². The Morgan fingerprint density at radius 1 is 1.33 bits per heavy atom. The molecule has 24 heavy (non-hydrogen) atoms. The van der Waals surface area contributed by atoms with Crippen molar-refractivity contribution in [3.05, 3.63) is 54.1 Å². The average Bonchev–Trinajstić information content (AvgIpc) is 3.06. The first-order valence-corrected chi connectivity index (χ1v) is 8.38. The fraction of sp³-hybridized carbons (Fsp3) is 0.474. The van der Waals surface area contributed by atoms with Crippen LogP contribution in [-0.2, 0) is 9.47 Å². The maximum atomic E-state index is 12.6. The summed E-state index contributed by atoms with van der Waals surface area (Å²) in [6, 6.07) is 10.1. The van der Waals surface area contributed by atoms with E-state index in [1.54, 1.807) is 19.6 Å². The highest BCUT2D eigenvalue weighted by molar-refractivity contribution is 5.95. The Balaban J connectivity index is 1.69. The number of ketones is 1. The minimum Gasteiger partial charge on any atom is -0.382 e. The first-order chi connectivity index (χ1) is 11.7. The number of aromatic nitrogens is 2. The average molecular weight is 328 g/mol. The molecule has 3 rings (SSSR count). The molecular formula is C19H24N2O3. The number of Topliss-reactive ketones (excluding diaryl/α,β-unsaturated/α-hetero) is 1. The molecule has 0 aliphatic heterocycles. The maximum absolute atomic E-state index is 12.6. The minimum absolute atomic E-state index is 0.0438. The number of carbonyl (C=O) groups is 1. The van der Waals surface area contributed by atoms with Gasteiger partial charge >= 0.3 is 0 Å². The summed E-state index contributed by atoms with van der Waals surface area (Å²) in [4.78, 5) is 16.8. The molecular weight excluding hydrogens is 304 g/mol. The van der Waals surface area contributed by atoms with E-state index in [1.165, 1.54) is 0 Å². The fourth-order valence-corrected chi connectivity index (χ4v) is 3.18. The first-order valence-electron chi connectivity index (χ1n) is 8.38. The molecule has 0 amide bonds. The first kappa shape index (κ1) is 16.9. The molecule has 0 unspecified atom stereocenters. The van der Waals surface area contributed by atoms with Gasteiger partial charge in [-0.05, 0) is 31.7 Å². The summed E-state index contributed by atoms with van der Waals surface area (Å²) in [6.07, 6.45) is 6.36. The number of methoxy groups -OCH3 is 1. The van der Waals surface area contributed by atoms with E-state index in [4.69, 9.17) is 9.47 Å². The van der Waals surface area contributed by atoms with Gasteiger partial charge in [-0.2, -0.15) is 0 Å². The van der Waals surface area contributed by atoms with Gasteiger partial charge in [0.1, 0.15) is 12.3 Å². The van der Waals surface area contributed by atoms with E-state index in [0.717, 1.165) is 24.8 Å². The van der Waals surface area contributed by atoms with Crippen molar-refractivity contribution in [3.8, 4) is 0 Å². The monoisotopic (exact) mass is 328 g/mol. The zero-order valence-electron chi connectivity index (χ0n) is 14.3. The Hall–Kier alpha value is -1.98. The second-order valence-corrected chi connectivity index (χ2v) is 6.45. The second kappa shape index (κ2) is 7.28. The van der Waals surface area contributed by atoms with E-state index in [9.17, 15) is 4.79 Å². The van der Waals surface area contributed by atoms with E-state index in [-0.39, 0.29) is 24.0 Å². The van der Waals surface area contributed by atoms with Crippen molar-refractivity contribution in [1.29, 1.82) is 0 Å². The SMILES string of the molecule is COCC1(OCC(=O)c2cncn2[C@H](C)c2ccccc2)CCC1. The van der Waals surface area contributed by atoms with Crippen LogP contribution in [0.1, 0.15) is 48.3 Å². The molecule has 0 N–H and O–H groups in total. The number of rotatable bonds is 8. The summed E-state index contributed by atoms with van der Waals surface area (Å²) < 4.78 is 13.1. The number of nitrogens with zero attached hydrogens (tertiary/aromatic N) is 2. The van der Waals surface area contributed by atoms with Crippen LogP contribution in [0.25, 0.3) is 0 Å². The van der Waals surface area contributed by atoms with Crippen LogP contribution in [0.3, 0.4) is 0 Å². The van der Waals surface area contributed by atoms with Crippen molar-refractivity contribution in [2.45, 2.75) is 37.8 Å². The number of ether oxygens (including phenoxy) is 2. The molecule has 5 heteroatoms. The third kappa shape index (κ3) is 3.42. The van der Waals surface area contributed by atoms with E-state index >= 15 is 0 Å². The van der Waals surface area contributed by atoms with Crippen molar-refractivity contribution in [1.82, 2.24) is 9.55 Å². The summed E-state index contributed by atoms with van der Waals surface area (Å²) in [6.45, 7) is 2.67. The Bertz CT molecular complexity index is 677. The van der Waals surface area contributed by atoms with Gasteiger partial charge in [0.25, 0.3) is 0 Å². The summed E-state index contributed by atoms with van der Waals surface area (Å²) in [5, 5.41) is 0. The number of carbonyl (C=O) groups excluding carboxylic acids is 1. The van der Waals surface area contributed by atoms with E-state index in [0.29, 0.717) is 12.3 Å². The van der Waals surface area contributed by atoms with Gasteiger partial charge in [-0.15, -0.1) is 0 Å². The Morgan fingerprint density at radius 2 is 2.08 bits per heavy atom. The Morgan fingerprint density at radius 3 is 2.71 bits per heavy atom. The van der Waals surface area contributed by atoms with Gasteiger partial charge in [0.15, 0.2) is 0 Å². The van der Waals surface area contributed by atoms with Gasteiger partial charge in [0.05, 0.1) is 30.8 Å². The molecule has 1 aliphatic carbocycles. The van der Waals surface area contributed by atoms with Gasteiger partial charge in [0, 0.05) is 7.11 Å². The van der Waals surface area contributed by atoms with Crippen LogP contribution in [0.5, 0.6) is 0 Å². The summed E-state index contributed by atoms with van der Waals surface area (Å²) in [7, 11) is 1.67. The third-order valence-corrected chi connectivity index (χ3v) is 4.83. The molecule has 1 heterocycles. The smallest absolute Gasteiger partial charge is 0.206 e. The Labute approximate surface area is 142 Å². The molecule has 1 fully saturated rings. The summed E-state index contributed by atoms with van der Waals surface area (Å²) in [5.74, 6) is -0.0438. The van der Waals surface area contributed by atoms with Crippen molar-refractivity contribution >= 4 is 5.78 Å². The number of hydrogen-bond acceptors (Lipinski definition) is 4. The molecule has 1 atom stereocenters. The lowest BCUT2D eigenvalue weighted by Crippen LogP contribution is -2.45. The third-order valence-electron chi connectivity index (χ3n) is 4.83. The topological polar surface area (TPSA) is 53.4 Å². The largest absolute Gasteiger partial charge is 0.382 e. The van der Waals surface area contributed by atoms with Gasteiger partial charge in [-0.25, -0.2) is 4.98 Å². The summed E-state index contributed by atoms with van der Waals surface area (Å²) >= 11 is 0. The van der Waals surface area contributed by atoms with Gasteiger partial charge in [-0.1, -0.05) is 30.3 Å². The predicted molar refractivity (Wildman–Crippen MR) is 91.2 cm³/mol. The van der Waals surface area contributed by atoms with Gasteiger partial charge in [0.2, 0.25) is 5.78 Å². The Kier molecular flexibility index (Phi) is 5.11. The van der Waals surface area contributed by atoms with Crippen LogP contribution in [0, 0.1) is 0 Å². The highest BCUT2D eigenvalue weighted by atomic mass is 16.5. The van der Waals surface area contributed by atoms with E-state index in [2.05, 4.69) is 24.0 Å². The van der Waals surface area contributed by atoms with Crippen molar-refractivity contribution in [2.24, 2.45) is 0 Å². The lowest BCUT2D eigenvalue weighted by molar-refractivity contribution is -0.127. The molecule has 1 aromatic heterocycles. The lowest BCUT2D eigenvalue weighted by atomic mass is 9.80. The standard InChI is InChI=1S/C19H24N2O3/c1-15(16-7-4-3-5-8-16)21-14-20-11-17(21)18(22)12-24-19(13-23-2)9-6-10-19/h3-5,7-8,11,14-15H,6,9-10,12-13H2,1-2H3/t15-/m1/s1. The van der Waals surface area contributed by atoms with Crippen molar-refractivity contribution in [2.75, 3.05) is 20.3 Å². The molecule has 0 saturated heterocycles. The lowest BCUT2D eigenvalue weighted by Gasteiger charge is -2.40. The van der Waals surface area contributed by atoms with Crippen LogP contribution in [-0.4, -0.2) is 41.3 Å². The van der Waals surface area contributed by atoms with Crippen molar-refractivity contribution < 1.29 is 14.3 Å². The highest BCUT2D eigenvalue weighted by Gasteiger charge is 2.38. The van der Waals surface area contributed by atoms with Crippen LogP contribution >= 0.6 is 0 Å². The fourth-order valence-electron chi connectivity index (χ4n) is 3.18. The summed E-state index contributed by atoms with van der Waals surface area (Å²) in [5.41, 5.74) is 1.44. The normalized spacial score (nSPS) is 17.2. The van der Waals surface area contributed by atoms with Crippen molar-refractivity contribution in [3.63, 3.8) is 0 Å². The molecule has 2 aromatic rings. The zero-order chi connectivity index (χ0) is 17.0. The molecule has 5 nitrogen and oxygen atoms in total. The molecule has 0 bridgehead atoms. The maximum Gasteiger partial charge on any atom is 0.206 e. The second-order valence-electron chi connectivity index (χ2n) is 6.45. The van der Waals surface area contributed by atoms with E-state index < -0.39 is 0 Å². The van der Waals surface area contributed by atoms with E-state index in [1.807, 2.05) is 22.8 Å². The predicted octanol–water partition coefficient (Wildman–Crippen LogP) is 3.26. The molecule has 0 spiro atoms. The molecule has 1 aliphatic rings. The van der Waals surface area contributed by atoms with Gasteiger partial charge in [-0.3, -0.25) is 4.79 Å².